The molecular formula is C21H26FN3O6S. The highest BCUT2D eigenvalue weighted by molar-refractivity contribution is 7.98. The average molecular weight is 468 g/mol. The van der Waals surface area contributed by atoms with E-state index in [9.17, 15) is 4.79 Å². The van der Waals surface area contributed by atoms with Gasteiger partial charge in [0.15, 0.2) is 17.9 Å². The summed E-state index contributed by atoms with van der Waals surface area (Å²) in [5.41, 5.74) is 0.900. The normalized spacial score (nSPS) is 27.0. The fourth-order valence-corrected chi connectivity index (χ4v) is 5.27. The van der Waals surface area contributed by atoms with E-state index in [1.165, 1.54) is 4.90 Å². The average Bonchev–Trinajstić information content (AvgIpc) is 3.48. The summed E-state index contributed by atoms with van der Waals surface area (Å²) in [7, 11) is 0. The number of aromatic nitrogens is 1. The highest BCUT2D eigenvalue weighted by atomic mass is 32.2. The van der Waals surface area contributed by atoms with Crippen LogP contribution in [0.4, 0.5) is 20.7 Å². The Morgan fingerprint density at radius 1 is 1.22 bits per heavy atom. The van der Waals surface area contributed by atoms with E-state index in [0.717, 1.165) is 0 Å². The van der Waals surface area contributed by atoms with Crippen molar-refractivity contribution < 1.29 is 32.7 Å². The number of nitrogens with zero attached hydrogens (tertiary/aromatic N) is 3. The molecule has 4 heterocycles. The number of rotatable bonds is 5. The van der Waals surface area contributed by atoms with Crippen LogP contribution in [-0.4, -0.2) is 74.4 Å². The van der Waals surface area contributed by atoms with Crippen LogP contribution in [0, 0.1) is 5.82 Å². The number of thioether (sulfide) groups is 1. The quantitative estimate of drug-likeness (QED) is 0.657. The number of anilines is 2. The Morgan fingerprint density at radius 3 is 2.62 bits per heavy atom. The Balaban J connectivity index is 1.64. The summed E-state index contributed by atoms with van der Waals surface area (Å²) in [6, 6.07) is 1.55. The third-order valence-electron chi connectivity index (χ3n) is 5.85. The number of benzene rings is 1. The number of amides is 1. The summed E-state index contributed by atoms with van der Waals surface area (Å²) in [5.74, 6) is 0.354. The van der Waals surface area contributed by atoms with Gasteiger partial charge in [-0.25, -0.2) is 9.18 Å². The molecule has 0 N–H and O–H groups in total. The first-order chi connectivity index (χ1) is 15.5. The fraction of sp³-hybridized carbons (Fsp3) is 0.619. The first-order valence-corrected chi connectivity index (χ1v) is 12.1. The number of halogens is 1. The number of fused-ring (bicyclic) bond motifs is 1. The summed E-state index contributed by atoms with van der Waals surface area (Å²) in [6.07, 6.45) is 0.584. The zero-order valence-electron chi connectivity index (χ0n) is 18.2. The van der Waals surface area contributed by atoms with Crippen LogP contribution in [0.15, 0.2) is 10.6 Å². The van der Waals surface area contributed by atoms with E-state index in [0.29, 0.717) is 48.7 Å². The van der Waals surface area contributed by atoms with Gasteiger partial charge in [-0.3, -0.25) is 4.90 Å². The van der Waals surface area contributed by atoms with Gasteiger partial charge in [0.2, 0.25) is 5.58 Å². The van der Waals surface area contributed by atoms with Crippen LogP contribution in [0.25, 0.3) is 11.0 Å². The molecular weight excluding hydrogens is 441 g/mol. The molecule has 1 aromatic heterocycles. The molecule has 2 aromatic rings. The molecule has 1 amide bonds. The number of morpholine rings is 1. The minimum atomic E-state index is -0.715. The Morgan fingerprint density at radius 2 is 1.94 bits per heavy atom. The molecule has 11 heteroatoms. The number of cyclic esters (lactones) is 1. The van der Waals surface area contributed by atoms with Crippen LogP contribution in [0.3, 0.4) is 0 Å². The van der Waals surface area contributed by atoms with E-state index < -0.39 is 18.2 Å². The second-order valence-corrected chi connectivity index (χ2v) is 9.21. The van der Waals surface area contributed by atoms with Gasteiger partial charge in [-0.1, -0.05) is 5.16 Å². The largest absolute Gasteiger partial charge is 0.447 e. The molecule has 0 bridgehead atoms. The predicted octanol–water partition coefficient (Wildman–Crippen LogP) is 3.31. The molecule has 3 atom stereocenters. The molecule has 0 saturated carbocycles. The second-order valence-electron chi connectivity index (χ2n) is 8.30. The van der Waals surface area contributed by atoms with Crippen molar-refractivity contribution in [3.05, 3.63) is 17.4 Å². The monoisotopic (exact) mass is 467 g/mol. The Hall–Kier alpha value is -2.08. The standard InChI is InChI=1S/C21H26FN3O6S/c1-11-7-24(8-12(2)30-11)17-14(20-27-4-5-28-20)6-15-18(16(17)22)31-23-19(15)25-13(10-32-3)9-29-21(25)26/h6,11-13,20H,4-5,7-10H2,1-3H3. The molecule has 3 saturated heterocycles. The van der Waals surface area contributed by atoms with E-state index in [-0.39, 0.29) is 36.3 Å². The van der Waals surface area contributed by atoms with Crippen molar-refractivity contribution in [3.8, 4) is 0 Å². The summed E-state index contributed by atoms with van der Waals surface area (Å²) in [5, 5.41) is 4.47. The number of carbonyl (C=O) groups is 1. The summed E-state index contributed by atoms with van der Waals surface area (Å²) >= 11 is 1.59. The molecule has 5 rings (SSSR count). The third kappa shape index (κ3) is 3.70. The summed E-state index contributed by atoms with van der Waals surface area (Å²) < 4.78 is 44.0. The van der Waals surface area contributed by atoms with Crippen LogP contribution in [0.5, 0.6) is 0 Å². The lowest BCUT2D eigenvalue weighted by molar-refractivity contribution is -0.0445. The molecule has 32 heavy (non-hydrogen) atoms. The molecule has 0 spiro atoms. The number of hydrogen-bond acceptors (Lipinski definition) is 9. The van der Waals surface area contributed by atoms with Crippen LogP contribution < -0.4 is 9.80 Å². The lowest BCUT2D eigenvalue weighted by Crippen LogP contribution is -2.46. The van der Waals surface area contributed by atoms with Crippen LogP contribution in [0.1, 0.15) is 25.7 Å². The van der Waals surface area contributed by atoms with Gasteiger partial charge in [0, 0.05) is 24.4 Å². The van der Waals surface area contributed by atoms with E-state index in [1.807, 2.05) is 25.0 Å². The highest BCUT2D eigenvalue weighted by Crippen LogP contribution is 2.42. The van der Waals surface area contributed by atoms with Gasteiger partial charge in [0.1, 0.15) is 6.61 Å². The molecule has 3 unspecified atom stereocenters. The van der Waals surface area contributed by atoms with Crippen LogP contribution in [0.2, 0.25) is 0 Å². The molecule has 0 radical (unpaired) electrons. The number of hydrogen-bond donors (Lipinski definition) is 0. The summed E-state index contributed by atoms with van der Waals surface area (Å²) in [6.45, 7) is 6.04. The molecule has 1 aromatic carbocycles. The lowest BCUT2D eigenvalue weighted by atomic mass is 10.0. The third-order valence-corrected chi connectivity index (χ3v) is 6.57. The maximum absolute atomic E-state index is 16.0. The van der Waals surface area contributed by atoms with Crippen molar-refractivity contribution in [2.24, 2.45) is 0 Å². The molecule has 0 aliphatic carbocycles. The van der Waals surface area contributed by atoms with Gasteiger partial charge in [0.05, 0.1) is 42.5 Å². The first kappa shape index (κ1) is 21.7. The maximum Gasteiger partial charge on any atom is 0.416 e. The molecule has 3 aliphatic heterocycles. The van der Waals surface area contributed by atoms with Crippen molar-refractivity contribution in [1.29, 1.82) is 0 Å². The molecule has 174 valence electrons. The van der Waals surface area contributed by atoms with Crippen LogP contribution in [-0.2, 0) is 18.9 Å². The topological polar surface area (TPSA) is 86.5 Å². The van der Waals surface area contributed by atoms with Crippen LogP contribution >= 0.6 is 11.8 Å². The fourth-order valence-electron chi connectivity index (χ4n) is 4.64. The van der Waals surface area contributed by atoms with Gasteiger partial charge in [-0.2, -0.15) is 11.8 Å². The highest BCUT2D eigenvalue weighted by Gasteiger charge is 2.39. The van der Waals surface area contributed by atoms with E-state index in [4.69, 9.17) is 23.5 Å². The van der Waals surface area contributed by atoms with Gasteiger partial charge >= 0.3 is 6.09 Å². The van der Waals surface area contributed by atoms with Crippen molar-refractivity contribution in [2.45, 2.75) is 38.4 Å². The molecule has 3 aliphatic rings. The number of ether oxygens (including phenoxy) is 4. The molecule has 9 nitrogen and oxygen atoms in total. The minimum absolute atomic E-state index is 0.00820. The van der Waals surface area contributed by atoms with Crippen molar-refractivity contribution in [2.75, 3.05) is 54.7 Å². The second kappa shape index (κ2) is 8.69. The summed E-state index contributed by atoms with van der Waals surface area (Å²) in [4.78, 5) is 15.8. The zero-order valence-corrected chi connectivity index (χ0v) is 19.0. The van der Waals surface area contributed by atoms with Gasteiger partial charge in [-0.05, 0) is 26.2 Å². The van der Waals surface area contributed by atoms with E-state index in [2.05, 4.69) is 5.16 Å². The van der Waals surface area contributed by atoms with Gasteiger partial charge < -0.3 is 28.4 Å². The maximum atomic E-state index is 16.0. The minimum Gasteiger partial charge on any atom is -0.447 e. The van der Waals surface area contributed by atoms with Gasteiger partial charge in [0.25, 0.3) is 0 Å². The smallest absolute Gasteiger partial charge is 0.416 e. The SMILES string of the molecule is CSCC1COC(=O)N1c1noc2c(F)c(N3CC(C)OC(C)C3)c(C3OCCO3)cc12. The van der Waals surface area contributed by atoms with Crippen molar-refractivity contribution in [3.63, 3.8) is 0 Å². The first-order valence-electron chi connectivity index (χ1n) is 10.7. The number of carbonyl (C=O) groups excluding carboxylic acids is 1. The Labute approximate surface area is 189 Å². The van der Waals surface area contributed by atoms with E-state index in [1.54, 1.807) is 17.8 Å². The predicted molar refractivity (Wildman–Crippen MR) is 117 cm³/mol. The van der Waals surface area contributed by atoms with Crippen molar-refractivity contribution in [1.82, 2.24) is 5.16 Å². The van der Waals surface area contributed by atoms with E-state index >= 15 is 4.39 Å². The Kier molecular flexibility index (Phi) is 5.91. The molecule has 3 fully saturated rings. The van der Waals surface area contributed by atoms with Gasteiger partial charge in [-0.15, -0.1) is 0 Å². The Bertz CT molecular complexity index is 1000. The lowest BCUT2D eigenvalue weighted by Gasteiger charge is -2.38. The van der Waals surface area contributed by atoms with Crippen molar-refractivity contribution >= 4 is 40.3 Å². The zero-order chi connectivity index (χ0) is 22.4.